The maximum absolute atomic E-state index is 13.3. The van der Waals surface area contributed by atoms with Crippen LogP contribution in [0.25, 0.3) is 0 Å². The summed E-state index contributed by atoms with van der Waals surface area (Å²) >= 11 is 0. The maximum Gasteiger partial charge on any atom is 0.334 e. The van der Waals surface area contributed by atoms with Gasteiger partial charge in [-0.2, -0.15) is 4.31 Å². The number of methoxy groups -OCH3 is 1. The molecule has 0 aromatic heterocycles. The molecule has 0 atom stereocenters. The molecule has 0 unspecified atom stereocenters. The molecule has 27 heavy (non-hydrogen) atoms. The fourth-order valence-electron chi connectivity index (χ4n) is 3.17. The Morgan fingerprint density at radius 1 is 1.00 bits per heavy atom. The van der Waals surface area contributed by atoms with Crippen LogP contribution in [0.15, 0.2) is 65.1 Å². The van der Waals surface area contributed by atoms with E-state index in [2.05, 4.69) is 0 Å². The van der Waals surface area contributed by atoms with Gasteiger partial charge in [-0.1, -0.05) is 48.0 Å². The first-order valence-electron chi connectivity index (χ1n) is 8.83. The average molecular weight is 385 g/mol. The van der Waals surface area contributed by atoms with Crippen molar-refractivity contribution in [2.75, 3.05) is 13.7 Å². The molecule has 2 aromatic carbocycles. The number of fused-ring (bicyclic) bond motifs is 1. The van der Waals surface area contributed by atoms with E-state index in [4.69, 9.17) is 4.74 Å². The van der Waals surface area contributed by atoms with E-state index in [9.17, 15) is 13.2 Å². The van der Waals surface area contributed by atoms with Gasteiger partial charge >= 0.3 is 5.97 Å². The molecular weight excluding hydrogens is 362 g/mol. The highest BCUT2D eigenvalue weighted by atomic mass is 32.2. The fraction of sp³-hybridized carbons (Fsp3) is 0.286. The zero-order chi connectivity index (χ0) is 19.4. The molecule has 6 heteroatoms. The number of allylic oxidation sites excluding steroid dienone is 1. The van der Waals surface area contributed by atoms with E-state index in [-0.39, 0.29) is 18.0 Å². The highest BCUT2D eigenvalue weighted by Crippen LogP contribution is 2.24. The first-order chi connectivity index (χ1) is 12.9. The number of ether oxygens (including phenoxy) is 1. The summed E-state index contributed by atoms with van der Waals surface area (Å²) in [6, 6.07) is 14.5. The molecule has 0 fully saturated rings. The molecule has 0 spiro atoms. The number of nitrogens with zero attached hydrogens (tertiary/aromatic N) is 1. The summed E-state index contributed by atoms with van der Waals surface area (Å²) in [5, 5.41) is 0. The molecule has 0 radical (unpaired) electrons. The smallest absolute Gasteiger partial charge is 0.334 e. The van der Waals surface area contributed by atoms with Gasteiger partial charge in [-0.15, -0.1) is 0 Å². The van der Waals surface area contributed by atoms with Crippen molar-refractivity contribution in [3.05, 3.63) is 76.9 Å². The molecule has 142 valence electrons. The summed E-state index contributed by atoms with van der Waals surface area (Å²) in [6.45, 7) is 2.10. The minimum absolute atomic E-state index is 0.0166. The number of aryl methyl sites for hydroxylation is 2. The van der Waals surface area contributed by atoms with Crippen LogP contribution in [0.5, 0.6) is 0 Å². The minimum atomic E-state index is -3.77. The van der Waals surface area contributed by atoms with Crippen LogP contribution in [0.3, 0.4) is 0 Å². The number of benzene rings is 2. The zero-order valence-corrected chi connectivity index (χ0v) is 16.3. The summed E-state index contributed by atoms with van der Waals surface area (Å²) in [7, 11) is -2.46. The summed E-state index contributed by atoms with van der Waals surface area (Å²) in [5.41, 5.74) is 3.39. The minimum Gasteiger partial charge on any atom is -0.466 e. The monoisotopic (exact) mass is 385 g/mol. The molecule has 1 aliphatic rings. The van der Waals surface area contributed by atoms with Gasteiger partial charge in [-0.3, -0.25) is 0 Å². The molecule has 0 aliphatic carbocycles. The second-order valence-electron chi connectivity index (χ2n) is 6.61. The van der Waals surface area contributed by atoms with Gasteiger partial charge in [0.15, 0.2) is 0 Å². The van der Waals surface area contributed by atoms with Crippen molar-refractivity contribution in [3.8, 4) is 0 Å². The standard InChI is InChI=1S/C21H23NO4S/c1-16-10-12-20(13-11-16)27(24,25)22-14-18-7-4-3-6-17(18)8-5-9-19(15-22)21(23)26-2/h3-4,6-7,9-13H,5,8,14-15H2,1-2H3/b19-9+. The van der Waals surface area contributed by atoms with Crippen molar-refractivity contribution in [1.82, 2.24) is 4.31 Å². The van der Waals surface area contributed by atoms with Crippen molar-refractivity contribution in [3.63, 3.8) is 0 Å². The van der Waals surface area contributed by atoms with E-state index in [0.29, 0.717) is 12.0 Å². The second-order valence-corrected chi connectivity index (χ2v) is 8.55. The number of hydrogen-bond donors (Lipinski definition) is 0. The van der Waals surface area contributed by atoms with Crippen LogP contribution < -0.4 is 0 Å². The number of carbonyl (C=O) groups is 1. The van der Waals surface area contributed by atoms with Gasteiger partial charge in [-0.25, -0.2) is 13.2 Å². The van der Waals surface area contributed by atoms with Gasteiger partial charge in [0.1, 0.15) is 0 Å². The van der Waals surface area contributed by atoms with E-state index >= 15 is 0 Å². The Bertz CT molecular complexity index is 962. The van der Waals surface area contributed by atoms with E-state index in [1.807, 2.05) is 31.2 Å². The quantitative estimate of drug-likeness (QED) is 0.761. The molecule has 0 saturated heterocycles. The Morgan fingerprint density at radius 3 is 2.33 bits per heavy atom. The van der Waals surface area contributed by atoms with Crippen LogP contribution in [0.1, 0.15) is 23.1 Å². The van der Waals surface area contributed by atoms with Gasteiger partial charge in [0.2, 0.25) is 10.0 Å². The van der Waals surface area contributed by atoms with Gasteiger partial charge < -0.3 is 4.74 Å². The van der Waals surface area contributed by atoms with Crippen molar-refractivity contribution in [1.29, 1.82) is 0 Å². The van der Waals surface area contributed by atoms with Crippen molar-refractivity contribution in [2.24, 2.45) is 0 Å². The highest BCUT2D eigenvalue weighted by Gasteiger charge is 2.28. The number of rotatable bonds is 3. The molecule has 1 heterocycles. The van der Waals surface area contributed by atoms with E-state index in [0.717, 1.165) is 23.1 Å². The summed E-state index contributed by atoms with van der Waals surface area (Å²) in [6.07, 6.45) is 3.18. The van der Waals surface area contributed by atoms with Crippen LogP contribution in [0.4, 0.5) is 0 Å². The summed E-state index contributed by atoms with van der Waals surface area (Å²) in [4.78, 5) is 12.4. The SMILES string of the molecule is COC(=O)/C1=C/CCc2ccccc2CN(S(=O)(=O)c2ccc(C)cc2)C1. The molecule has 3 rings (SSSR count). The normalized spacial score (nSPS) is 17.6. The Hall–Kier alpha value is -2.44. The Morgan fingerprint density at radius 2 is 1.67 bits per heavy atom. The third-order valence-corrected chi connectivity index (χ3v) is 6.53. The predicted molar refractivity (Wildman–Crippen MR) is 104 cm³/mol. The van der Waals surface area contributed by atoms with Crippen LogP contribution in [-0.4, -0.2) is 32.3 Å². The molecular formula is C21H23NO4S. The fourth-order valence-corrected chi connectivity index (χ4v) is 4.56. The molecule has 5 nitrogen and oxygen atoms in total. The predicted octanol–water partition coefficient (Wildman–Crippen LogP) is 3.23. The topological polar surface area (TPSA) is 63.7 Å². The number of carbonyl (C=O) groups excluding carboxylic acids is 1. The first-order valence-corrected chi connectivity index (χ1v) is 10.3. The second kappa shape index (κ2) is 8.06. The summed E-state index contributed by atoms with van der Waals surface area (Å²) in [5.74, 6) is -0.495. The molecule has 2 aromatic rings. The van der Waals surface area contributed by atoms with Crippen LogP contribution in [0.2, 0.25) is 0 Å². The van der Waals surface area contributed by atoms with Gasteiger partial charge in [0.05, 0.1) is 12.0 Å². The van der Waals surface area contributed by atoms with Crippen LogP contribution >= 0.6 is 0 Å². The molecule has 0 N–H and O–H groups in total. The lowest BCUT2D eigenvalue weighted by atomic mass is 10.0. The van der Waals surface area contributed by atoms with E-state index in [1.54, 1.807) is 30.3 Å². The largest absolute Gasteiger partial charge is 0.466 e. The van der Waals surface area contributed by atoms with Crippen LogP contribution in [0, 0.1) is 6.92 Å². The Balaban J connectivity index is 2.06. The lowest BCUT2D eigenvalue weighted by Crippen LogP contribution is -2.34. The highest BCUT2D eigenvalue weighted by molar-refractivity contribution is 7.89. The third kappa shape index (κ3) is 4.28. The number of sulfonamides is 1. The van der Waals surface area contributed by atoms with E-state index < -0.39 is 16.0 Å². The van der Waals surface area contributed by atoms with E-state index in [1.165, 1.54) is 11.4 Å². The number of esters is 1. The third-order valence-electron chi connectivity index (χ3n) is 4.72. The van der Waals surface area contributed by atoms with Gasteiger partial charge in [0, 0.05) is 18.7 Å². The average Bonchev–Trinajstić information content (AvgIpc) is 2.76. The van der Waals surface area contributed by atoms with Crippen molar-refractivity contribution in [2.45, 2.75) is 31.2 Å². The zero-order valence-electron chi connectivity index (χ0n) is 15.5. The summed E-state index contributed by atoms with van der Waals surface area (Å²) < 4.78 is 32.8. The van der Waals surface area contributed by atoms with Crippen molar-refractivity contribution < 1.29 is 17.9 Å². The molecule has 0 amide bonds. The first kappa shape index (κ1) is 19.3. The molecule has 1 aliphatic heterocycles. The Labute approximate surface area is 160 Å². The Kier molecular flexibility index (Phi) is 5.77. The lowest BCUT2D eigenvalue weighted by molar-refractivity contribution is -0.136. The lowest BCUT2D eigenvalue weighted by Gasteiger charge is -2.23. The van der Waals surface area contributed by atoms with Gasteiger partial charge in [0.25, 0.3) is 0 Å². The van der Waals surface area contributed by atoms with Crippen LogP contribution in [-0.2, 0) is 32.5 Å². The maximum atomic E-state index is 13.3. The molecule has 0 bridgehead atoms. The van der Waals surface area contributed by atoms with Gasteiger partial charge in [-0.05, 0) is 43.0 Å². The number of hydrogen-bond acceptors (Lipinski definition) is 4. The van der Waals surface area contributed by atoms with Crippen molar-refractivity contribution >= 4 is 16.0 Å². The molecule has 0 saturated carbocycles.